The van der Waals surface area contributed by atoms with Crippen LogP contribution >= 0.6 is 0 Å². The van der Waals surface area contributed by atoms with Crippen molar-refractivity contribution in [2.75, 3.05) is 37.7 Å². The predicted octanol–water partition coefficient (Wildman–Crippen LogP) is 2.55. The van der Waals surface area contributed by atoms with Crippen LogP contribution in [0.2, 0.25) is 0 Å². The van der Waals surface area contributed by atoms with Crippen LogP contribution < -0.4 is 11.1 Å². The van der Waals surface area contributed by atoms with Gasteiger partial charge < -0.3 is 16.0 Å². The fourth-order valence-electron chi connectivity index (χ4n) is 2.64. The molecule has 4 heteroatoms. The van der Waals surface area contributed by atoms with Gasteiger partial charge in [0.2, 0.25) is 0 Å². The number of nitrogens with zero attached hydrogens (tertiary/aromatic N) is 1. The second-order valence-electron chi connectivity index (χ2n) is 5.19. The van der Waals surface area contributed by atoms with Crippen molar-refractivity contribution >= 4 is 11.4 Å². The highest BCUT2D eigenvalue weighted by molar-refractivity contribution is 5.66. The zero-order valence-corrected chi connectivity index (χ0v) is 11.0. The van der Waals surface area contributed by atoms with Gasteiger partial charge in [-0.25, -0.2) is 4.39 Å². The van der Waals surface area contributed by atoms with Crippen molar-refractivity contribution in [1.29, 1.82) is 0 Å². The quantitative estimate of drug-likeness (QED) is 0.808. The molecule has 0 aliphatic carbocycles. The Morgan fingerprint density at radius 2 is 2.33 bits per heavy atom. The molecule has 1 aromatic carbocycles. The molecule has 1 unspecified atom stereocenters. The van der Waals surface area contributed by atoms with E-state index in [1.165, 1.54) is 25.5 Å². The fraction of sp³-hybridized carbons (Fsp3) is 0.571. The number of benzene rings is 1. The number of nitrogen functional groups attached to an aromatic ring is 1. The number of likely N-dealkylation sites (tertiary alicyclic amines) is 1. The van der Waals surface area contributed by atoms with Gasteiger partial charge in [-0.1, -0.05) is 6.07 Å². The lowest BCUT2D eigenvalue weighted by Crippen LogP contribution is -2.32. The lowest BCUT2D eigenvalue weighted by molar-refractivity contribution is 0.205. The van der Waals surface area contributed by atoms with Crippen molar-refractivity contribution in [3.63, 3.8) is 0 Å². The van der Waals surface area contributed by atoms with Crippen LogP contribution in [0.1, 0.15) is 19.3 Å². The zero-order chi connectivity index (χ0) is 13.0. The van der Waals surface area contributed by atoms with Crippen molar-refractivity contribution < 1.29 is 4.39 Å². The molecule has 0 spiro atoms. The number of nitrogens with one attached hydrogen (secondary N) is 1. The summed E-state index contributed by atoms with van der Waals surface area (Å²) in [5, 5.41) is 3.12. The molecule has 1 aliphatic rings. The summed E-state index contributed by atoms with van der Waals surface area (Å²) in [5.41, 5.74) is 6.68. The topological polar surface area (TPSA) is 41.3 Å². The standard InChI is InChI=1S/C14H22FN3/c1-18-9-3-4-11(10-18)7-8-17-14-12(15)5-2-6-13(14)16/h2,5-6,11,17H,3-4,7-10,16H2,1H3. The summed E-state index contributed by atoms with van der Waals surface area (Å²) < 4.78 is 13.5. The van der Waals surface area contributed by atoms with E-state index < -0.39 is 0 Å². The Labute approximate surface area is 108 Å². The maximum Gasteiger partial charge on any atom is 0.148 e. The number of piperidine rings is 1. The Balaban J connectivity index is 1.81. The highest BCUT2D eigenvalue weighted by atomic mass is 19.1. The van der Waals surface area contributed by atoms with Crippen LogP contribution in [0, 0.1) is 11.7 Å². The SMILES string of the molecule is CN1CCCC(CCNc2c(N)cccc2F)C1. The van der Waals surface area contributed by atoms with Gasteiger partial charge in [-0.3, -0.25) is 0 Å². The van der Waals surface area contributed by atoms with E-state index in [1.54, 1.807) is 12.1 Å². The molecule has 18 heavy (non-hydrogen) atoms. The van der Waals surface area contributed by atoms with E-state index in [0.29, 0.717) is 17.3 Å². The number of rotatable bonds is 4. The minimum Gasteiger partial charge on any atom is -0.397 e. The molecular formula is C14H22FN3. The Bertz CT molecular complexity index is 374. The van der Waals surface area contributed by atoms with Gasteiger partial charge in [0.15, 0.2) is 0 Å². The Morgan fingerprint density at radius 1 is 1.50 bits per heavy atom. The molecule has 0 radical (unpaired) electrons. The lowest BCUT2D eigenvalue weighted by atomic mass is 9.95. The Kier molecular flexibility index (Phi) is 4.42. The summed E-state index contributed by atoms with van der Waals surface area (Å²) in [4.78, 5) is 2.37. The van der Waals surface area contributed by atoms with E-state index in [1.807, 2.05) is 0 Å². The number of hydrogen-bond donors (Lipinski definition) is 2. The average molecular weight is 251 g/mol. The molecule has 2 rings (SSSR count). The molecule has 0 saturated carbocycles. The normalized spacial score (nSPS) is 20.9. The first-order chi connectivity index (χ1) is 8.66. The molecule has 100 valence electrons. The lowest BCUT2D eigenvalue weighted by Gasteiger charge is -2.29. The second kappa shape index (κ2) is 6.05. The van der Waals surface area contributed by atoms with E-state index >= 15 is 0 Å². The van der Waals surface area contributed by atoms with E-state index in [4.69, 9.17) is 5.73 Å². The van der Waals surface area contributed by atoms with Crippen LogP contribution in [-0.4, -0.2) is 31.6 Å². The largest absolute Gasteiger partial charge is 0.397 e. The third-order valence-electron chi connectivity index (χ3n) is 3.62. The summed E-state index contributed by atoms with van der Waals surface area (Å²) in [6.07, 6.45) is 3.61. The third kappa shape index (κ3) is 3.35. The molecule has 1 heterocycles. The molecule has 0 amide bonds. The van der Waals surface area contributed by atoms with E-state index in [-0.39, 0.29) is 5.82 Å². The number of hydrogen-bond acceptors (Lipinski definition) is 3. The maximum atomic E-state index is 13.5. The fourth-order valence-corrected chi connectivity index (χ4v) is 2.64. The molecule has 0 bridgehead atoms. The molecule has 1 aliphatic heterocycles. The van der Waals surface area contributed by atoms with Gasteiger partial charge in [-0.2, -0.15) is 0 Å². The third-order valence-corrected chi connectivity index (χ3v) is 3.62. The van der Waals surface area contributed by atoms with Crippen LogP contribution in [0.5, 0.6) is 0 Å². The number of nitrogens with two attached hydrogens (primary N) is 1. The van der Waals surface area contributed by atoms with Gasteiger partial charge in [0.1, 0.15) is 5.82 Å². The molecule has 0 aromatic heterocycles. The Hall–Kier alpha value is -1.29. The van der Waals surface area contributed by atoms with Gasteiger partial charge in [-0.05, 0) is 50.9 Å². The monoisotopic (exact) mass is 251 g/mol. The summed E-state index contributed by atoms with van der Waals surface area (Å²) >= 11 is 0. The number of anilines is 2. The molecule has 1 fully saturated rings. The highest BCUT2D eigenvalue weighted by Gasteiger charge is 2.16. The second-order valence-corrected chi connectivity index (χ2v) is 5.19. The molecular weight excluding hydrogens is 229 g/mol. The van der Waals surface area contributed by atoms with Gasteiger partial charge in [0.05, 0.1) is 11.4 Å². The predicted molar refractivity (Wildman–Crippen MR) is 74.1 cm³/mol. The van der Waals surface area contributed by atoms with Crippen molar-refractivity contribution in [1.82, 2.24) is 4.90 Å². The first kappa shape index (κ1) is 13.1. The highest BCUT2D eigenvalue weighted by Crippen LogP contribution is 2.23. The molecule has 3 N–H and O–H groups in total. The smallest absolute Gasteiger partial charge is 0.148 e. The van der Waals surface area contributed by atoms with E-state index in [2.05, 4.69) is 17.3 Å². The summed E-state index contributed by atoms with van der Waals surface area (Å²) in [6, 6.07) is 4.79. The molecule has 1 atom stereocenters. The molecule has 3 nitrogen and oxygen atoms in total. The van der Waals surface area contributed by atoms with Gasteiger partial charge in [-0.15, -0.1) is 0 Å². The first-order valence-electron chi connectivity index (χ1n) is 6.63. The van der Waals surface area contributed by atoms with Crippen LogP contribution in [0.15, 0.2) is 18.2 Å². The van der Waals surface area contributed by atoms with Crippen LogP contribution in [0.4, 0.5) is 15.8 Å². The minimum atomic E-state index is -0.268. The van der Waals surface area contributed by atoms with E-state index in [0.717, 1.165) is 19.5 Å². The van der Waals surface area contributed by atoms with Gasteiger partial charge in [0.25, 0.3) is 0 Å². The molecule has 1 aromatic rings. The average Bonchev–Trinajstić information content (AvgIpc) is 2.33. The number of halogens is 1. The molecule has 1 saturated heterocycles. The van der Waals surface area contributed by atoms with Crippen LogP contribution in [-0.2, 0) is 0 Å². The van der Waals surface area contributed by atoms with Crippen molar-refractivity contribution in [3.8, 4) is 0 Å². The van der Waals surface area contributed by atoms with Gasteiger partial charge >= 0.3 is 0 Å². The van der Waals surface area contributed by atoms with Crippen LogP contribution in [0.3, 0.4) is 0 Å². The summed E-state index contributed by atoms with van der Waals surface area (Å²) in [5.74, 6) is 0.444. The van der Waals surface area contributed by atoms with Gasteiger partial charge in [0, 0.05) is 13.1 Å². The van der Waals surface area contributed by atoms with Crippen molar-refractivity contribution in [2.45, 2.75) is 19.3 Å². The first-order valence-corrected chi connectivity index (χ1v) is 6.63. The Morgan fingerprint density at radius 3 is 3.06 bits per heavy atom. The van der Waals surface area contributed by atoms with Crippen molar-refractivity contribution in [2.24, 2.45) is 5.92 Å². The van der Waals surface area contributed by atoms with E-state index in [9.17, 15) is 4.39 Å². The minimum absolute atomic E-state index is 0.268. The van der Waals surface area contributed by atoms with Crippen LogP contribution in [0.25, 0.3) is 0 Å². The number of para-hydroxylation sites is 1. The van der Waals surface area contributed by atoms with Crippen molar-refractivity contribution in [3.05, 3.63) is 24.0 Å². The zero-order valence-electron chi connectivity index (χ0n) is 11.0. The summed E-state index contributed by atoms with van der Waals surface area (Å²) in [6.45, 7) is 3.13. The maximum absolute atomic E-state index is 13.5. The summed E-state index contributed by atoms with van der Waals surface area (Å²) in [7, 11) is 2.16.